The van der Waals surface area contributed by atoms with Crippen LogP contribution < -0.4 is 11.7 Å². The van der Waals surface area contributed by atoms with Gasteiger partial charge in [0.25, 0.3) is 0 Å². The molecular formula is C22H28N4O4. The molecule has 0 bridgehead atoms. The Morgan fingerprint density at radius 2 is 1.10 bits per heavy atom. The summed E-state index contributed by atoms with van der Waals surface area (Å²) in [6, 6.07) is 18.5. The van der Waals surface area contributed by atoms with E-state index in [2.05, 4.69) is 0 Å². The summed E-state index contributed by atoms with van der Waals surface area (Å²) < 4.78 is 10.9. The van der Waals surface area contributed by atoms with Gasteiger partial charge < -0.3 is 9.47 Å². The third-order valence-corrected chi connectivity index (χ3v) is 4.12. The quantitative estimate of drug-likeness (QED) is 0.263. The molecule has 0 spiro atoms. The van der Waals surface area contributed by atoms with Crippen molar-refractivity contribution in [2.75, 3.05) is 27.2 Å². The predicted octanol–water partition coefficient (Wildman–Crippen LogP) is 1.72. The average Bonchev–Trinajstić information content (AvgIpc) is 2.72. The lowest BCUT2D eigenvalue weighted by atomic mass is 10.1. The lowest BCUT2D eigenvalue weighted by Crippen LogP contribution is -2.32. The highest BCUT2D eigenvalue weighted by atomic mass is 16.5. The van der Waals surface area contributed by atoms with Gasteiger partial charge in [0, 0.05) is 26.2 Å². The number of carbonyl (C=O) groups excluding carboxylic acids is 2. The molecule has 2 aromatic rings. The number of hydrazine groups is 2. The number of nitrogens with two attached hydrogens (primary N) is 2. The number of nitrogens with zero attached hydrogens (tertiary/aromatic N) is 2. The summed E-state index contributed by atoms with van der Waals surface area (Å²) in [6.07, 6.45) is 0.945. The first-order valence-corrected chi connectivity index (χ1v) is 9.46. The topological polar surface area (TPSA) is 111 Å². The van der Waals surface area contributed by atoms with Gasteiger partial charge >= 0.3 is 11.9 Å². The van der Waals surface area contributed by atoms with E-state index in [1.54, 1.807) is 14.1 Å². The first-order chi connectivity index (χ1) is 14.3. The van der Waals surface area contributed by atoms with Crippen molar-refractivity contribution in [1.29, 1.82) is 0 Å². The molecule has 8 heteroatoms. The van der Waals surface area contributed by atoms with Crippen LogP contribution in [0.2, 0.25) is 0 Å². The molecule has 0 aliphatic rings. The Hall–Kier alpha value is -3.04. The normalized spacial score (nSPS) is 13.4. The lowest BCUT2D eigenvalue weighted by Gasteiger charge is -2.21. The zero-order valence-electron chi connectivity index (χ0n) is 17.2. The molecule has 8 nitrogen and oxygen atoms in total. The minimum atomic E-state index is -0.671. The molecule has 4 N–H and O–H groups in total. The van der Waals surface area contributed by atoms with Crippen LogP contribution in [0, 0.1) is 0 Å². The van der Waals surface area contributed by atoms with Crippen LogP contribution in [-0.2, 0) is 19.1 Å². The average molecular weight is 412 g/mol. The number of hydrogen-bond donors (Lipinski definition) is 2. The van der Waals surface area contributed by atoms with Crippen molar-refractivity contribution in [3.8, 4) is 0 Å². The molecule has 0 radical (unpaired) electrons. The molecule has 2 atom stereocenters. The smallest absolute Gasteiger partial charge is 0.331 e. The highest BCUT2D eigenvalue weighted by Crippen LogP contribution is 2.19. The first-order valence-electron chi connectivity index (χ1n) is 9.46. The molecule has 0 aliphatic heterocycles. The Balaban J connectivity index is 2.00. The van der Waals surface area contributed by atoms with Crippen LogP contribution in [0.1, 0.15) is 23.3 Å². The number of esters is 2. The van der Waals surface area contributed by atoms with Crippen LogP contribution in [-0.4, -0.2) is 49.1 Å². The SMILES string of the molecule is CN(N)CC(OC(=O)/C=C\C(=O)OC(CN(C)N)c1ccccc1)c1ccccc1. The zero-order valence-corrected chi connectivity index (χ0v) is 17.2. The Labute approximate surface area is 176 Å². The molecule has 0 saturated carbocycles. The lowest BCUT2D eigenvalue weighted by molar-refractivity contribution is -0.147. The van der Waals surface area contributed by atoms with Crippen molar-refractivity contribution < 1.29 is 19.1 Å². The fraction of sp³-hybridized carbons (Fsp3) is 0.273. The highest BCUT2D eigenvalue weighted by Gasteiger charge is 2.19. The standard InChI is InChI=1S/C22H28N4O4/c1-25(23)15-19(17-9-5-3-6-10-17)29-21(27)13-14-22(28)30-20(16-26(2)24)18-11-7-4-8-12-18/h3-14,19-20H,15-16,23-24H2,1-2H3/b14-13-. The summed E-state index contributed by atoms with van der Waals surface area (Å²) in [4.78, 5) is 24.5. The van der Waals surface area contributed by atoms with Gasteiger partial charge in [-0.3, -0.25) is 11.7 Å². The van der Waals surface area contributed by atoms with E-state index < -0.39 is 24.1 Å². The van der Waals surface area contributed by atoms with E-state index in [-0.39, 0.29) is 0 Å². The second-order valence-corrected chi connectivity index (χ2v) is 6.88. The van der Waals surface area contributed by atoms with Gasteiger partial charge in [-0.05, 0) is 11.1 Å². The van der Waals surface area contributed by atoms with Crippen LogP contribution in [0.25, 0.3) is 0 Å². The van der Waals surface area contributed by atoms with Crippen LogP contribution in [0.3, 0.4) is 0 Å². The summed E-state index contributed by atoms with van der Waals surface area (Å²) in [7, 11) is 3.35. The molecule has 0 fully saturated rings. The van der Waals surface area contributed by atoms with Crippen LogP contribution in [0.4, 0.5) is 0 Å². The molecule has 0 aromatic heterocycles. The van der Waals surface area contributed by atoms with E-state index in [0.717, 1.165) is 23.3 Å². The summed E-state index contributed by atoms with van der Waals surface area (Å²) in [5.74, 6) is 10.1. The molecule has 0 aliphatic carbocycles. The van der Waals surface area contributed by atoms with Crippen molar-refractivity contribution in [2.45, 2.75) is 12.2 Å². The number of ether oxygens (including phenoxy) is 2. The molecule has 2 unspecified atom stereocenters. The van der Waals surface area contributed by atoms with E-state index in [1.165, 1.54) is 10.0 Å². The highest BCUT2D eigenvalue weighted by molar-refractivity contribution is 5.91. The van der Waals surface area contributed by atoms with Gasteiger partial charge in [0.15, 0.2) is 0 Å². The molecule has 30 heavy (non-hydrogen) atoms. The van der Waals surface area contributed by atoms with Crippen LogP contribution in [0.15, 0.2) is 72.8 Å². The van der Waals surface area contributed by atoms with Gasteiger partial charge in [-0.1, -0.05) is 60.7 Å². The fourth-order valence-electron chi connectivity index (χ4n) is 2.78. The van der Waals surface area contributed by atoms with Crippen molar-refractivity contribution in [2.24, 2.45) is 11.7 Å². The second-order valence-electron chi connectivity index (χ2n) is 6.88. The molecule has 160 valence electrons. The van der Waals surface area contributed by atoms with Crippen LogP contribution >= 0.6 is 0 Å². The van der Waals surface area contributed by atoms with E-state index in [1.807, 2.05) is 60.7 Å². The van der Waals surface area contributed by atoms with E-state index in [9.17, 15) is 9.59 Å². The number of benzene rings is 2. The summed E-state index contributed by atoms with van der Waals surface area (Å²) in [6.45, 7) is 0.597. The number of likely N-dealkylation sites (N-methyl/N-ethyl adjacent to an activating group) is 2. The largest absolute Gasteiger partial charge is 0.453 e. The first kappa shape index (κ1) is 23.2. The van der Waals surface area contributed by atoms with Crippen molar-refractivity contribution in [1.82, 2.24) is 10.0 Å². The summed E-state index contributed by atoms with van der Waals surface area (Å²) >= 11 is 0. The van der Waals surface area contributed by atoms with E-state index >= 15 is 0 Å². The summed E-state index contributed by atoms with van der Waals surface area (Å²) in [5.41, 5.74) is 1.60. The number of hydrogen-bond acceptors (Lipinski definition) is 8. The molecule has 0 heterocycles. The van der Waals surface area contributed by atoms with E-state index in [4.69, 9.17) is 21.2 Å². The van der Waals surface area contributed by atoms with Crippen molar-refractivity contribution >= 4 is 11.9 Å². The van der Waals surface area contributed by atoms with Gasteiger partial charge in [0.1, 0.15) is 12.2 Å². The predicted molar refractivity (Wildman–Crippen MR) is 113 cm³/mol. The fourth-order valence-corrected chi connectivity index (χ4v) is 2.78. The maximum absolute atomic E-state index is 12.2. The number of carbonyl (C=O) groups is 2. The Morgan fingerprint density at radius 3 is 1.40 bits per heavy atom. The third-order valence-electron chi connectivity index (χ3n) is 4.12. The van der Waals surface area contributed by atoms with Crippen molar-refractivity contribution in [3.63, 3.8) is 0 Å². The maximum Gasteiger partial charge on any atom is 0.331 e. The monoisotopic (exact) mass is 412 g/mol. The number of rotatable bonds is 10. The Kier molecular flexibility index (Phi) is 9.17. The van der Waals surface area contributed by atoms with Gasteiger partial charge in [-0.15, -0.1) is 0 Å². The zero-order chi connectivity index (χ0) is 21.9. The van der Waals surface area contributed by atoms with Gasteiger partial charge in [0.05, 0.1) is 13.1 Å². The second kappa shape index (κ2) is 11.8. The Bertz CT molecular complexity index is 756. The summed E-state index contributed by atoms with van der Waals surface area (Å²) in [5, 5.41) is 2.85. The minimum Gasteiger partial charge on any atom is -0.453 e. The third kappa shape index (κ3) is 8.14. The van der Waals surface area contributed by atoms with Crippen LogP contribution in [0.5, 0.6) is 0 Å². The molecule has 0 saturated heterocycles. The molecule has 0 amide bonds. The van der Waals surface area contributed by atoms with Gasteiger partial charge in [-0.25, -0.2) is 19.6 Å². The molecule has 2 rings (SSSR count). The Morgan fingerprint density at radius 1 is 0.767 bits per heavy atom. The van der Waals surface area contributed by atoms with E-state index in [0.29, 0.717) is 13.1 Å². The van der Waals surface area contributed by atoms with Crippen molar-refractivity contribution in [3.05, 3.63) is 83.9 Å². The van der Waals surface area contributed by atoms with Gasteiger partial charge in [-0.2, -0.15) is 0 Å². The molecule has 2 aromatic carbocycles. The minimum absolute atomic E-state index is 0.299. The maximum atomic E-state index is 12.2. The van der Waals surface area contributed by atoms with Gasteiger partial charge in [0.2, 0.25) is 0 Å². The molecular weight excluding hydrogens is 384 g/mol.